The Labute approximate surface area is 110 Å². The number of phenolic OH excluding ortho intramolecular Hbond substituents is 1. The van der Waals surface area contributed by atoms with Crippen LogP contribution in [-0.4, -0.2) is 43.3 Å². The average Bonchev–Trinajstić information content (AvgIpc) is 2.29. The Bertz CT molecular complexity index is 367. The molecular weight excluding hydrogens is 228 g/mol. The Morgan fingerprint density at radius 3 is 2.72 bits per heavy atom. The van der Waals surface area contributed by atoms with Gasteiger partial charge in [-0.25, -0.2) is 0 Å². The summed E-state index contributed by atoms with van der Waals surface area (Å²) in [5, 5.41) is 13.1. The highest BCUT2D eigenvalue weighted by molar-refractivity contribution is 5.41. The molecule has 0 aliphatic heterocycles. The van der Waals surface area contributed by atoms with Crippen molar-refractivity contribution in [1.29, 1.82) is 0 Å². The van der Waals surface area contributed by atoms with Gasteiger partial charge >= 0.3 is 0 Å². The molecular formula is C14H24N2O2. The van der Waals surface area contributed by atoms with Gasteiger partial charge in [0.05, 0.1) is 6.61 Å². The van der Waals surface area contributed by atoms with Gasteiger partial charge < -0.3 is 20.1 Å². The third-order valence-corrected chi connectivity index (χ3v) is 2.62. The van der Waals surface area contributed by atoms with Crippen LogP contribution in [0.1, 0.15) is 19.4 Å². The van der Waals surface area contributed by atoms with Crippen LogP contribution in [-0.2, 0) is 6.54 Å². The van der Waals surface area contributed by atoms with Crippen LogP contribution in [0.3, 0.4) is 0 Å². The minimum Gasteiger partial charge on any atom is -0.504 e. The first-order valence-corrected chi connectivity index (χ1v) is 6.35. The third kappa shape index (κ3) is 4.94. The number of rotatable bonds is 7. The van der Waals surface area contributed by atoms with Crippen molar-refractivity contribution in [3.8, 4) is 11.5 Å². The number of hydrogen-bond donors (Lipinski definition) is 2. The lowest BCUT2D eigenvalue weighted by Gasteiger charge is -2.18. The van der Waals surface area contributed by atoms with Gasteiger partial charge in [0, 0.05) is 19.1 Å². The zero-order valence-corrected chi connectivity index (χ0v) is 11.7. The molecule has 1 aromatic carbocycles. The fourth-order valence-electron chi connectivity index (χ4n) is 1.84. The zero-order chi connectivity index (χ0) is 13.5. The number of benzene rings is 1. The van der Waals surface area contributed by atoms with Gasteiger partial charge in [-0.1, -0.05) is 6.07 Å². The summed E-state index contributed by atoms with van der Waals surface area (Å²) in [5.74, 6) is 0.749. The first-order valence-electron chi connectivity index (χ1n) is 6.35. The van der Waals surface area contributed by atoms with Crippen LogP contribution in [0.25, 0.3) is 0 Å². The van der Waals surface area contributed by atoms with Crippen molar-refractivity contribution in [2.75, 3.05) is 27.2 Å². The summed E-state index contributed by atoms with van der Waals surface area (Å²) in [6, 6.07) is 5.89. The molecule has 18 heavy (non-hydrogen) atoms. The van der Waals surface area contributed by atoms with Crippen molar-refractivity contribution < 1.29 is 9.84 Å². The molecule has 0 radical (unpaired) electrons. The number of aromatic hydroxyl groups is 1. The lowest BCUT2D eigenvalue weighted by molar-refractivity contribution is 0.317. The summed E-state index contributed by atoms with van der Waals surface area (Å²) in [5.41, 5.74) is 1.11. The highest BCUT2D eigenvalue weighted by Gasteiger charge is 2.06. The molecule has 1 aromatic rings. The number of ether oxygens (including phenoxy) is 1. The van der Waals surface area contributed by atoms with E-state index in [1.807, 2.05) is 19.1 Å². The quantitative estimate of drug-likeness (QED) is 0.777. The zero-order valence-electron chi connectivity index (χ0n) is 11.7. The van der Waals surface area contributed by atoms with E-state index in [2.05, 4.69) is 31.2 Å². The molecule has 4 nitrogen and oxygen atoms in total. The van der Waals surface area contributed by atoms with E-state index in [1.165, 1.54) is 0 Å². The maximum atomic E-state index is 9.61. The number of likely N-dealkylation sites (N-methyl/N-ethyl adjacent to an activating group) is 1. The van der Waals surface area contributed by atoms with Crippen LogP contribution < -0.4 is 10.1 Å². The van der Waals surface area contributed by atoms with Gasteiger partial charge in [0.2, 0.25) is 0 Å². The summed E-state index contributed by atoms with van der Waals surface area (Å²) in [7, 11) is 4.12. The van der Waals surface area contributed by atoms with Crippen molar-refractivity contribution in [1.82, 2.24) is 10.2 Å². The van der Waals surface area contributed by atoms with Crippen LogP contribution in [0, 0.1) is 0 Å². The van der Waals surface area contributed by atoms with E-state index in [0.29, 0.717) is 18.4 Å². The lowest BCUT2D eigenvalue weighted by Crippen LogP contribution is -2.35. The summed E-state index contributed by atoms with van der Waals surface area (Å²) >= 11 is 0. The maximum Gasteiger partial charge on any atom is 0.161 e. The van der Waals surface area contributed by atoms with Gasteiger partial charge in [-0.15, -0.1) is 0 Å². The summed E-state index contributed by atoms with van der Waals surface area (Å²) < 4.78 is 5.36. The smallest absolute Gasteiger partial charge is 0.161 e. The lowest BCUT2D eigenvalue weighted by atomic mass is 10.2. The normalized spacial score (nSPS) is 12.7. The van der Waals surface area contributed by atoms with E-state index in [0.717, 1.165) is 18.7 Å². The minimum absolute atomic E-state index is 0.196. The first kappa shape index (κ1) is 14.8. The maximum absolute atomic E-state index is 9.61. The molecule has 102 valence electrons. The van der Waals surface area contributed by atoms with Crippen molar-refractivity contribution in [2.45, 2.75) is 26.4 Å². The third-order valence-electron chi connectivity index (χ3n) is 2.62. The van der Waals surface area contributed by atoms with Crippen LogP contribution in [0.15, 0.2) is 18.2 Å². The molecule has 1 rings (SSSR count). The van der Waals surface area contributed by atoms with Gasteiger partial charge in [0.15, 0.2) is 11.5 Å². The number of nitrogens with zero attached hydrogens (tertiary/aromatic N) is 1. The fraction of sp³-hybridized carbons (Fsp3) is 0.571. The van der Waals surface area contributed by atoms with E-state index in [4.69, 9.17) is 4.74 Å². The van der Waals surface area contributed by atoms with E-state index in [9.17, 15) is 5.11 Å². The van der Waals surface area contributed by atoms with Crippen molar-refractivity contribution in [2.24, 2.45) is 0 Å². The molecule has 0 heterocycles. The van der Waals surface area contributed by atoms with Gasteiger partial charge in [0.1, 0.15) is 0 Å². The van der Waals surface area contributed by atoms with Gasteiger partial charge in [-0.2, -0.15) is 0 Å². The molecule has 1 atom stereocenters. The number of phenols is 1. The minimum atomic E-state index is 0.196. The highest BCUT2D eigenvalue weighted by Crippen LogP contribution is 2.26. The van der Waals surface area contributed by atoms with E-state index in [-0.39, 0.29) is 5.75 Å². The second-order valence-corrected chi connectivity index (χ2v) is 4.78. The molecule has 0 aliphatic rings. The van der Waals surface area contributed by atoms with Crippen LogP contribution >= 0.6 is 0 Å². The predicted octanol–water partition coefficient (Wildman–Crippen LogP) is 1.83. The van der Waals surface area contributed by atoms with Crippen LogP contribution in [0.2, 0.25) is 0 Å². The largest absolute Gasteiger partial charge is 0.504 e. The van der Waals surface area contributed by atoms with Gasteiger partial charge in [-0.3, -0.25) is 0 Å². The average molecular weight is 252 g/mol. The molecule has 0 spiro atoms. The molecule has 0 saturated heterocycles. The predicted molar refractivity (Wildman–Crippen MR) is 74.1 cm³/mol. The molecule has 0 fully saturated rings. The van der Waals surface area contributed by atoms with Crippen LogP contribution in [0.5, 0.6) is 11.5 Å². The molecule has 2 N–H and O–H groups in total. The second-order valence-electron chi connectivity index (χ2n) is 4.78. The van der Waals surface area contributed by atoms with Crippen molar-refractivity contribution in [3.05, 3.63) is 23.8 Å². The number of hydrogen-bond acceptors (Lipinski definition) is 4. The molecule has 1 unspecified atom stereocenters. The molecule has 0 aliphatic carbocycles. The summed E-state index contributed by atoms with van der Waals surface area (Å²) in [6.07, 6.45) is 0. The monoisotopic (exact) mass is 252 g/mol. The first-order chi connectivity index (χ1) is 8.52. The SMILES string of the molecule is CCOc1cc(CNC(C)CN(C)C)ccc1O. The second kappa shape index (κ2) is 7.24. The Kier molecular flexibility index (Phi) is 5.95. The topological polar surface area (TPSA) is 44.7 Å². The van der Waals surface area contributed by atoms with E-state index >= 15 is 0 Å². The van der Waals surface area contributed by atoms with Crippen molar-refractivity contribution in [3.63, 3.8) is 0 Å². The summed E-state index contributed by atoms with van der Waals surface area (Å²) in [4.78, 5) is 2.15. The molecule has 4 heteroatoms. The fourth-order valence-corrected chi connectivity index (χ4v) is 1.84. The summed E-state index contributed by atoms with van der Waals surface area (Å²) in [6.45, 7) is 6.39. The standard InChI is InChI=1S/C14H24N2O2/c1-5-18-14-8-12(6-7-13(14)17)9-15-11(2)10-16(3)4/h6-8,11,15,17H,5,9-10H2,1-4H3. The molecule has 0 aromatic heterocycles. The Hall–Kier alpha value is -1.26. The van der Waals surface area contributed by atoms with Crippen LogP contribution in [0.4, 0.5) is 0 Å². The number of nitrogens with one attached hydrogen (secondary N) is 1. The molecule has 0 amide bonds. The van der Waals surface area contributed by atoms with Crippen molar-refractivity contribution >= 4 is 0 Å². The van der Waals surface area contributed by atoms with Gasteiger partial charge in [-0.05, 0) is 45.6 Å². The molecule has 0 bridgehead atoms. The van der Waals surface area contributed by atoms with E-state index < -0.39 is 0 Å². The Morgan fingerprint density at radius 2 is 2.11 bits per heavy atom. The Morgan fingerprint density at radius 1 is 1.39 bits per heavy atom. The van der Waals surface area contributed by atoms with Gasteiger partial charge in [0.25, 0.3) is 0 Å². The Balaban J connectivity index is 2.54. The highest BCUT2D eigenvalue weighted by atomic mass is 16.5. The molecule has 0 saturated carbocycles. The van der Waals surface area contributed by atoms with E-state index in [1.54, 1.807) is 6.07 Å².